The van der Waals surface area contributed by atoms with Crippen LogP contribution in [0, 0.1) is 0 Å². The summed E-state index contributed by atoms with van der Waals surface area (Å²) in [7, 11) is 3.31. The molecule has 1 atom stereocenters. The van der Waals surface area contributed by atoms with E-state index in [9.17, 15) is 14.4 Å². The van der Waals surface area contributed by atoms with E-state index in [2.05, 4.69) is 20.5 Å². The molecule has 2 aromatic rings. The first-order valence-electron chi connectivity index (χ1n) is 15.1. The van der Waals surface area contributed by atoms with Crippen LogP contribution in [0.25, 0.3) is 0 Å². The molecule has 232 valence electrons. The van der Waals surface area contributed by atoms with Crippen LogP contribution in [0.2, 0.25) is 0 Å². The number of piperidine rings is 1. The van der Waals surface area contributed by atoms with Crippen molar-refractivity contribution in [2.75, 3.05) is 42.4 Å². The van der Waals surface area contributed by atoms with Crippen LogP contribution in [0.1, 0.15) is 76.6 Å². The molecular formula is C31H43N7O5. The molecule has 3 aliphatic rings. The Balaban J connectivity index is 1.26. The van der Waals surface area contributed by atoms with Crippen molar-refractivity contribution < 1.29 is 23.9 Å². The second kappa shape index (κ2) is 12.3. The average Bonchev–Trinajstić information content (AvgIpc) is 3.50. The van der Waals surface area contributed by atoms with Crippen molar-refractivity contribution in [3.8, 4) is 5.75 Å². The molecule has 1 aliphatic carbocycles. The molecule has 0 spiro atoms. The quantitative estimate of drug-likeness (QED) is 0.498. The molecule has 2 fully saturated rings. The van der Waals surface area contributed by atoms with Crippen molar-refractivity contribution in [1.29, 1.82) is 0 Å². The van der Waals surface area contributed by atoms with E-state index in [0.717, 1.165) is 31.5 Å². The third-order valence-corrected chi connectivity index (χ3v) is 8.37. The Labute approximate surface area is 253 Å². The molecule has 2 aliphatic heterocycles. The highest BCUT2D eigenvalue weighted by Crippen LogP contribution is 2.39. The predicted molar refractivity (Wildman–Crippen MR) is 164 cm³/mol. The van der Waals surface area contributed by atoms with E-state index in [1.807, 2.05) is 27.7 Å². The van der Waals surface area contributed by atoms with Crippen LogP contribution < -0.4 is 25.2 Å². The summed E-state index contributed by atoms with van der Waals surface area (Å²) in [6, 6.07) is 5.11. The highest BCUT2D eigenvalue weighted by atomic mass is 16.6. The van der Waals surface area contributed by atoms with Gasteiger partial charge in [0.1, 0.15) is 23.1 Å². The Morgan fingerprint density at radius 3 is 2.42 bits per heavy atom. The maximum atomic E-state index is 13.1. The van der Waals surface area contributed by atoms with Gasteiger partial charge >= 0.3 is 6.09 Å². The normalized spacial score (nSPS) is 19.7. The molecule has 1 aromatic carbocycles. The minimum absolute atomic E-state index is 0.0350. The predicted octanol–water partition coefficient (Wildman–Crippen LogP) is 4.47. The molecule has 43 heavy (non-hydrogen) atoms. The van der Waals surface area contributed by atoms with Crippen molar-refractivity contribution in [3.05, 3.63) is 30.0 Å². The molecule has 3 heterocycles. The maximum Gasteiger partial charge on any atom is 0.410 e. The van der Waals surface area contributed by atoms with Gasteiger partial charge in [-0.05, 0) is 71.6 Å². The zero-order chi connectivity index (χ0) is 30.9. The van der Waals surface area contributed by atoms with Gasteiger partial charge in [0.05, 0.1) is 19.0 Å². The molecule has 1 aromatic heterocycles. The topological polar surface area (TPSA) is 129 Å². The zero-order valence-electron chi connectivity index (χ0n) is 26.0. The first kappa shape index (κ1) is 30.4. The number of carbonyl (C=O) groups excluding carboxylic acids is 3. The van der Waals surface area contributed by atoms with Crippen molar-refractivity contribution in [2.24, 2.45) is 0 Å². The molecule has 0 unspecified atom stereocenters. The Morgan fingerprint density at radius 2 is 1.77 bits per heavy atom. The standard InChI is InChI=1S/C31H43N7O5/c1-19-28(40)36(5)24-18-32-29(35-26(24)38(19)22-9-7-8-10-22)34-23-12-11-20(17-25(23)42-6)27(39)33-21-13-15-37(16-14-21)30(41)43-31(2,3)4/h11-12,17-19,21-22H,7-10,13-16H2,1-6H3,(H,33,39)(H,32,34,35)/t19-/m1/s1. The minimum atomic E-state index is -0.542. The average molecular weight is 594 g/mol. The maximum absolute atomic E-state index is 13.1. The van der Waals surface area contributed by atoms with Crippen molar-refractivity contribution in [2.45, 2.75) is 89.9 Å². The minimum Gasteiger partial charge on any atom is -0.495 e. The van der Waals surface area contributed by atoms with E-state index < -0.39 is 5.60 Å². The molecule has 1 saturated carbocycles. The molecule has 0 bridgehead atoms. The summed E-state index contributed by atoms with van der Waals surface area (Å²) in [5.41, 5.74) is 1.23. The smallest absolute Gasteiger partial charge is 0.410 e. The number of rotatable bonds is 6. The second-order valence-corrected chi connectivity index (χ2v) is 12.6. The number of hydrogen-bond acceptors (Lipinski definition) is 9. The van der Waals surface area contributed by atoms with Gasteiger partial charge < -0.3 is 34.8 Å². The van der Waals surface area contributed by atoms with Crippen LogP contribution in [0.3, 0.4) is 0 Å². The molecule has 1 saturated heterocycles. The van der Waals surface area contributed by atoms with E-state index >= 15 is 0 Å². The summed E-state index contributed by atoms with van der Waals surface area (Å²) in [6.07, 6.45) is 7.01. The van der Waals surface area contributed by atoms with E-state index in [0.29, 0.717) is 54.6 Å². The Hall–Kier alpha value is -4.09. The molecule has 12 heteroatoms. The van der Waals surface area contributed by atoms with Crippen molar-refractivity contribution in [1.82, 2.24) is 20.2 Å². The number of ether oxygens (including phenoxy) is 2. The Kier molecular flexibility index (Phi) is 8.66. The number of nitrogens with one attached hydrogen (secondary N) is 2. The summed E-state index contributed by atoms with van der Waals surface area (Å²) in [5.74, 6) is 1.42. The highest BCUT2D eigenvalue weighted by molar-refractivity contribution is 6.04. The van der Waals surface area contributed by atoms with E-state index in [4.69, 9.17) is 14.5 Å². The Bertz CT molecular complexity index is 1360. The SMILES string of the molecule is COc1cc(C(=O)NC2CCN(C(=O)OC(C)(C)C)CC2)ccc1Nc1ncc2c(n1)N(C1CCCC1)[C@H](C)C(=O)N2C. The number of aromatic nitrogens is 2. The van der Waals surface area contributed by atoms with Crippen LogP contribution in [-0.2, 0) is 9.53 Å². The summed E-state index contributed by atoms with van der Waals surface area (Å²) < 4.78 is 11.1. The fourth-order valence-electron chi connectivity index (χ4n) is 6.08. The first-order valence-corrected chi connectivity index (χ1v) is 15.1. The number of likely N-dealkylation sites (N-methyl/N-ethyl adjacent to an activating group) is 1. The van der Waals surface area contributed by atoms with Crippen LogP contribution in [0.5, 0.6) is 5.75 Å². The van der Waals surface area contributed by atoms with Gasteiger partial charge in [-0.2, -0.15) is 4.98 Å². The summed E-state index contributed by atoms with van der Waals surface area (Å²) in [5, 5.41) is 6.33. The van der Waals surface area contributed by atoms with Crippen LogP contribution >= 0.6 is 0 Å². The first-order chi connectivity index (χ1) is 20.4. The van der Waals surface area contributed by atoms with Crippen molar-refractivity contribution in [3.63, 3.8) is 0 Å². The van der Waals surface area contributed by atoms with Gasteiger partial charge in [-0.25, -0.2) is 9.78 Å². The van der Waals surface area contributed by atoms with Gasteiger partial charge in [-0.1, -0.05) is 12.8 Å². The Morgan fingerprint density at radius 1 is 1.07 bits per heavy atom. The number of benzene rings is 1. The largest absolute Gasteiger partial charge is 0.495 e. The number of fused-ring (bicyclic) bond motifs is 1. The van der Waals surface area contributed by atoms with Gasteiger partial charge in [0.15, 0.2) is 5.82 Å². The number of hydrogen-bond donors (Lipinski definition) is 2. The third-order valence-electron chi connectivity index (χ3n) is 8.37. The number of methoxy groups -OCH3 is 1. The molecule has 5 rings (SSSR count). The summed E-state index contributed by atoms with van der Waals surface area (Å²) >= 11 is 0. The summed E-state index contributed by atoms with van der Waals surface area (Å²) in [4.78, 5) is 53.2. The number of carbonyl (C=O) groups is 3. The lowest BCUT2D eigenvalue weighted by molar-refractivity contribution is -0.119. The van der Waals surface area contributed by atoms with Crippen LogP contribution in [0.4, 0.5) is 27.9 Å². The fraction of sp³-hybridized carbons (Fsp3) is 0.581. The number of amides is 3. The molecule has 2 N–H and O–H groups in total. The zero-order valence-corrected chi connectivity index (χ0v) is 26.0. The number of nitrogens with zero attached hydrogens (tertiary/aromatic N) is 5. The number of likely N-dealkylation sites (tertiary alicyclic amines) is 1. The lowest BCUT2D eigenvalue weighted by Gasteiger charge is -2.42. The van der Waals surface area contributed by atoms with Crippen LogP contribution in [-0.4, -0.2) is 83.7 Å². The van der Waals surface area contributed by atoms with Gasteiger partial charge in [0, 0.05) is 37.8 Å². The van der Waals surface area contributed by atoms with Crippen LogP contribution in [0.15, 0.2) is 24.4 Å². The fourth-order valence-corrected chi connectivity index (χ4v) is 6.08. The lowest BCUT2D eigenvalue weighted by Crippen LogP contribution is -2.54. The molecule has 0 radical (unpaired) electrons. The third kappa shape index (κ3) is 6.62. The molecule has 3 amide bonds. The summed E-state index contributed by atoms with van der Waals surface area (Å²) in [6.45, 7) is 8.52. The van der Waals surface area contributed by atoms with Gasteiger partial charge in [-0.15, -0.1) is 0 Å². The second-order valence-electron chi connectivity index (χ2n) is 12.6. The van der Waals surface area contributed by atoms with E-state index in [1.165, 1.54) is 0 Å². The van der Waals surface area contributed by atoms with E-state index in [-0.39, 0.29) is 36.0 Å². The number of anilines is 4. The van der Waals surface area contributed by atoms with Gasteiger partial charge in [0.2, 0.25) is 11.9 Å². The van der Waals surface area contributed by atoms with Gasteiger partial charge in [-0.3, -0.25) is 9.59 Å². The molecule has 12 nitrogen and oxygen atoms in total. The van der Waals surface area contributed by atoms with Gasteiger partial charge in [0.25, 0.3) is 5.91 Å². The van der Waals surface area contributed by atoms with Crippen molar-refractivity contribution >= 4 is 41.0 Å². The highest BCUT2D eigenvalue weighted by Gasteiger charge is 2.39. The van der Waals surface area contributed by atoms with E-state index in [1.54, 1.807) is 48.4 Å². The monoisotopic (exact) mass is 593 g/mol. The molecular weight excluding hydrogens is 550 g/mol. The lowest BCUT2D eigenvalue weighted by atomic mass is 10.0.